The van der Waals surface area contributed by atoms with Gasteiger partial charge in [-0.05, 0) is 62.2 Å². The van der Waals surface area contributed by atoms with Gasteiger partial charge in [-0.1, -0.05) is 50.1 Å². The SMILES string of the molecule is CCS(=O)(=O)c1ccc(OC)c(-c2ccc(C(C)N3CCCCCC3c3ccccc3)[nH]2)c1. The average Bonchev–Trinajstić information content (AvgIpc) is 3.21. The molecular weight excluding hydrogens is 432 g/mol. The molecule has 0 spiro atoms. The molecule has 0 bridgehead atoms. The number of ether oxygens (including phenoxy) is 1. The summed E-state index contributed by atoms with van der Waals surface area (Å²) in [4.78, 5) is 6.50. The van der Waals surface area contributed by atoms with E-state index in [0.717, 1.165) is 29.9 Å². The van der Waals surface area contributed by atoms with E-state index in [4.69, 9.17) is 4.74 Å². The molecule has 3 aromatic rings. The number of nitrogens with one attached hydrogen (secondary N) is 1. The van der Waals surface area contributed by atoms with Gasteiger partial charge in [-0.25, -0.2) is 8.42 Å². The second kappa shape index (κ2) is 10.1. The number of hydrogen-bond donors (Lipinski definition) is 1. The van der Waals surface area contributed by atoms with E-state index in [1.165, 1.54) is 24.8 Å². The second-order valence-electron chi connectivity index (χ2n) is 8.78. The van der Waals surface area contributed by atoms with Gasteiger partial charge in [-0.2, -0.15) is 0 Å². The summed E-state index contributed by atoms with van der Waals surface area (Å²) in [6.45, 7) is 4.98. The lowest BCUT2D eigenvalue weighted by Crippen LogP contribution is -2.31. The van der Waals surface area contributed by atoms with Crippen LogP contribution in [-0.4, -0.2) is 37.7 Å². The molecular formula is C27H34N2O3S. The Hall–Kier alpha value is -2.57. The normalized spacial score (nSPS) is 18.6. The first-order valence-electron chi connectivity index (χ1n) is 11.9. The van der Waals surface area contributed by atoms with Crippen molar-refractivity contribution in [2.45, 2.75) is 56.5 Å². The standard InChI is InChI=1S/C27H34N2O3S/c1-4-33(30,31)22-14-17-27(32-3)23(19-22)25-16-15-24(28-25)20(2)29-18-10-6-9-13-26(29)21-11-7-5-8-12-21/h5,7-8,11-12,14-17,19-20,26,28H,4,6,9-10,13,18H2,1-3H3. The van der Waals surface area contributed by atoms with Crippen LogP contribution in [0.15, 0.2) is 65.6 Å². The molecule has 1 aromatic heterocycles. The maximum atomic E-state index is 12.4. The van der Waals surface area contributed by atoms with Gasteiger partial charge in [0.05, 0.1) is 17.8 Å². The zero-order valence-corrected chi connectivity index (χ0v) is 20.6. The van der Waals surface area contributed by atoms with Gasteiger partial charge in [0.1, 0.15) is 5.75 Å². The van der Waals surface area contributed by atoms with Crippen LogP contribution in [0.2, 0.25) is 0 Å². The van der Waals surface area contributed by atoms with Gasteiger partial charge >= 0.3 is 0 Å². The van der Waals surface area contributed by atoms with Crippen molar-refractivity contribution in [3.05, 3.63) is 71.9 Å². The van der Waals surface area contributed by atoms with E-state index in [9.17, 15) is 8.42 Å². The Morgan fingerprint density at radius 3 is 2.58 bits per heavy atom. The van der Waals surface area contributed by atoms with Gasteiger partial charge < -0.3 is 9.72 Å². The Labute approximate surface area is 197 Å². The number of hydrogen-bond acceptors (Lipinski definition) is 4. The molecule has 1 saturated heterocycles. The lowest BCUT2D eigenvalue weighted by atomic mass is 9.99. The number of nitrogens with zero attached hydrogens (tertiary/aromatic N) is 1. The Balaban J connectivity index is 1.67. The minimum Gasteiger partial charge on any atom is -0.496 e. The molecule has 0 saturated carbocycles. The van der Waals surface area contributed by atoms with Gasteiger partial charge in [-0.3, -0.25) is 4.90 Å². The number of H-pyrrole nitrogens is 1. The first kappa shape index (κ1) is 23.6. The van der Waals surface area contributed by atoms with Crippen molar-refractivity contribution in [2.75, 3.05) is 19.4 Å². The molecule has 1 aliphatic rings. The summed E-state index contributed by atoms with van der Waals surface area (Å²) in [5.74, 6) is 0.727. The van der Waals surface area contributed by atoms with Crippen molar-refractivity contribution in [2.24, 2.45) is 0 Å². The topological polar surface area (TPSA) is 62.4 Å². The number of aromatic amines is 1. The minimum atomic E-state index is -3.30. The predicted octanol–water partition coefficient (Wildman–Crippen LogP) is 6.16. The van der Waals surface area contributed by atoms with Gasteiger partial charge in [0.25, 0.3) is 0 Å². The first-order valence-corrected chi connectivity index (χ1v) is 13.5. The monoisotopic (exact) mass is 466 g/mol. The zero-order chi connectivity index (χ0) is 23.4. The summed E-state index contributed by atoms with van der Waals surface area (Å²) >= 11 is 0. The average molecular weight is 467 g/mol. The maximum Gasteiger partial charge on any atom is 0.178 e. The fraction of sp³-hybridized carbons (Fsp3) is 0.407. The molecule has 6 heteroatoms. The lowest BCUT2D eigenvalue weighted by Gasteiger charge is -2.35. The van der Waals surface area contributed by atoms with E-state index in [1.807, 2.05) is 6.07 Å². The van der Waals surface area contributed by atoms with Gasteiger partial charge in [0.2, 0.25) is 0 Å². The number of benzene rings is 2. The van der Waals surface area contributed by atoms with Gasteiger partial charge in [0.15, 0.2) is 9.84 Å². The molecule has 5 nitrogen and oxygen atoms in total. The van der Waals surface area contributed by atoms with Crippen LogP contribution in [-0.2, 0) is 9.84 Å². The highest BCUT2D eigenvalue weighted by Gasteiger charge is 2.28. The molecule has 2 unspecified atom stereocenters. The number of rotatable bonds is 7. The molecule has 2 aromatic carbocycles. The summed E-state index contributed by atoms with van der Waals surface area (Å²) in [5, 5.41) is 0. The largest absolute Gasteiger partial charge is 0.496 e. The second-order valence-corrected chi connectivity index (χ2v) is 11.1. The number of sulfone groups is 1. The summed E-state index contributed by atoms with van der Waals surface area (Å²) in [6.07, 6.45) is 4.87. The van der Waals surface area contributed by atoms with Crippen LogP contribution in [0.4, 0.5) is 0 Å². The van der Waals surface area contributed by atoms with Crippen LogP contribution in [0.3, 0.4) is 0 Å². The summed E-state index contributed by atoms with van der Waals surface area (Å²) in [6, 6.07) is 20.6. The van der Waals surface area contributed by atoms with Gasteiger partial charge in [-0.15, -0.1) is 0 Å². The van der Waals surface area contributed by atoms with Crippen LogP contribution in [0.25, 0.3) is 11.3 Å². The maximum absolute atomic E-state index is 12.4. The molecule has 0 amide bonds. The summed E-state index contributed by atoms with van der Waals surface area (Å²) < 4.78 is 30.5. The first-order chi connectivity index (χ1) is 15.9. The number of aromatic nitrogens is 1. The molecule has 0 aliphatic carbocycles. The van der Waals surface area contributed by atoms with Crippen LogP contribution in [0, 0.1) is 0 Å². The Kier molecular flexibility index (Phi) is 7.25. The third kappa shape index (κ3) is 5.02. The van der Waals surface area contributed by atoms with E-state index in [-0.39, 0.29) is 11.8 Å². The highest BCUT2D eigenvalue weighted by Crippen LogP contribution is 2.38. The quantitative estimate of drug-likeness (QED) is 0.453. The number of methoxy groups -OCH3 is 1. The fourth-order valence-electron chi connectivity index (χ4n) is 4.88. The lowest BCUT2D eigenvalue weighted by molar-refractivity contribution is 0.144. The highest BCUT2D eigenvalue weighted by molar-refractivity contribution is 7.91. The molecule has 2 heterocycles. The third-order valence-electron chi connectivity index (χ3n) is 6.83. The number of likely N-dealkylation sites (tertiary alicyclic amines) is 1. The Morgan fingerprint density at radius 1 is 1.06 bits per heavy atom. The Morgan fingerprint density at radius 2 is 1.85 bits per heavy atom. The van der Waals surface area contributed by atoms with Gasteiger partial charge in [0, 0.05) is 29.0 Å². The molecule has 4 rings (SSSR count). The summed E-state index contributed by atoms with van der Waals surface area (Å²) in [5.41, 5.74) is 4.13. The van der Waals surface area contributed by atoms with Crippen molar-refractivity contribution < 1.29 is 13.2 Å². The minimum absolute atomic E-state index is 0.0710. The molecule has 1 fully saturated rings. The van der Waals surface area contributed by atoms with Crippen LogP contribution in [0.1, 0.15) is 62.9 Å². The molecule has 0 radical (unpaired) electrons. The van der Waals surface area contributed by atoms with E-state index in [0.29, 0.717) is 16.7 Å². The molecule has 1 aliphatic heterocycles. The molecule has 176 valence electrons. The smallest absolute Gasteiger partial charge is 0.178 e. The highest BCUT2D eigenvalue weighted by atomic mass is 32.2. The third-order valence-corrected chi connectivity index (χ3v) is 8.57. The van der Waals surface area contributed by atoms with Crippen LogP contribution >= 0.6 is 0 Å². The van der Waals surface area contributed by atoms with Crippen molar-refractivity contribution >= 4 is 9.84 Å². The molecule has 1 N–H and O–H groups in total. The molecule has 33 heavy (non-hydrogen) atoms. The van der Waals surface area contributed by atoms with Crippen molar-refractivity contribution in [3.63, 3.8) is 0 Å². The Bertz CT molecular complexity index is 1170. The van der Waals surface area contributed by atoms with Crippen molar-refractivity contribution in [1.82, 2.24) is 9.88 Å². The van der Waals surface area contributed by atoms with Crippen molar-refractivity contribution in [3.8, 4) is 17.0 Å². The molecule has 2 atom stereocenters. The van der Waals surface area contributed by atoms with E-state index in [2.05, 4.69) is 53.2 Å². The van der Waals surface area contributed by atoms with E-state index in [1.54, 1.807) is 32.2 Å². The van der Waals surface area contributed by atoms with Crippen LogP contribution < -0.4 is 4.74 Å². The van der Waals surface area contributed by atoms with E-state index >= 15 is 0 Å². The van der Waals surface area contributed by atoms with Crippen LogP contribution in [0.5, 0.6) is 5.75 Å². The fourth-order valence-corrected chi connectivity index (χ4v) is 5.78. The predicted molar refractivity (Wildman–Crippen MR) is 133 cm³/mol. The van der Waals surface area contributed by atoms with E-state index < -0.39 is 9.84 Å². The van der Waals surface area contributed by atoms with Crippen molar-refractivity contribution in [1.29, 1.82) is 0 Å². The summed E-state index contributed by atoms with van der Waals surface area (Å²) in [7, 11) is -1.69. The zero-order valence-electron chi connectivity index (χ0n) is 19.8.